The Balaban J connectivity index is 1.66. The van der Waals surface area contributed by atoms with Crippen LogP contribution in [0.4, 0.5) is 5.82 Å². The standard InChI is InChI=1S/C24H30N8O/c1-26-11-19(10-25)22-14-28-23(30-24(22)27-13-21-16-31(2)7-8-33-21)18-6-4-5-17(9-18)20-12-29-32(3)15-20/h4-6,9-12,14-15,21,25-26H,7-8,13,16H2,1-3H3,(H,27,28,30)/b19-11+,25-10?. The molecule has 0 radical (unpaired) electrons. The Kier molecular flexibility index (Phi) is 7.11. The van der Waals surface area contributed by atoms with Crippen LogP contribution in [0.1, 0.15) is 5.56 Å². The third kappa shape index (κ3) is 5.44. The smallest absolute Gasteiger partial charge is 0.161 e. The monoisotopic (exact) mass is 446 g/mol. The van der Waals surface area contributed by atoms with Crippen molar-refractivity contribution in [3.63, 3.8) is 0 Å². The maximum atomic E-state index is 7.84. The second-order valence-electron chi connectivity index (χ2n) is 8.11. The van der Waals surface area contributed by atoms with E-state index in [0.717, 1.165) is 42.0 Å². The Bertz CT molecular complexity index is 1140. The molecule has 9 nitrogen and oxygen atoms in total. The fourth-order valence-electron chi connectivity index (χ4n) is 3.83. The second kappa shape index (κ2) is 10.4. The van der Waals surface area contributed by atoms with Crippen LogP contribution < -0.4 is 10.6 Å². The van der Waals surface area contributed by atoms with Crippen LogP contribution in [0.2, 0.25) is 0 Å². The van der Waals surface area contributed by atoms with Crippen molar-refractivity contribution in [3.8, 4) is 22.5 Å². The molecule has 9 heteroatoms. The summed E-state index contributed by atoms with van der Waals surface area (Å²) in [6, 6.07) is 8.11. The van der Waals surface area contributed by atoms with Gasteiger partial charge >= 0.3 is 0 Å². The highest BCUT2D eigenvalue weighted by Gasteiger charge is 2.19. The van der Waals surface area contributed by atoms with Gasteiger partial charge in [-0.2, -0.15) is 5.10 Å². The lowest BCUT2D eigenvalue weighted by molar-refractivity contribution is -0.0117. The molecular formula is C24H30N8O. The summed E-state index contributed by atoms with van der Waals surface area (Å²) < 4.78 is 7.68. The molecule has 1 saturated heterocycles. The van der Waals surface area contributed by atoms with Crippen LogP contribution in [0.3, 0.4) is 0 Å². The Hall–Kier alpha value is -3.56. The van der Waals surface area contributed by atoms with Crippen molar-refractivity contribution >= 4 is 17.6 Å². The van der Waals surface area contributed by atoms with Crippen molar-refractivity contribution in [1.29, 1.82) is 5.41 Å². The van der Waals surface area contributed by atoms with Gasteiger partial charge in [-0.1, -0.05) is 18.2 Å². The van der Waals surface area contributed by atoms with Gasteiger partial charge in [0, 0.05) is 80.8 Å². The molecule has 4 rings (SSSR count). The van der Waals surface area contributed by atoms with Gasteiger partial charge < -0.3 is 25.7 Å². The summed E-state index contributed by atoms with van der Waals surface area (Å²) in [5, 5.41) is 18.5. The Morgan fingerprint density at radius 3 is 2.82 bits per heavy atom. The molecule has 1 atom stereocenters. The normalized spacial score (nSPS) is 17.1. The molecule has 1 fully saturated rings. The van der Waals surface area contributed by atoms with E-state index in [1.54, 1.807) is 17.1 Å². The van der Waals surface area contributed by atoms with Crippen molar-refractivity contribution in [1.82, 2.24) is 30.0 Å². The molecule has 3 aromatic rings. The van der Waals surface area contributed by atoms with Crippen LogP contribution >= 0.6 is 0 Å². The number of likely N-dealkylation sites (N-methyl/N-ethyl adjacent to an activating group) is 1. The lowest BCUT2D eigenvalue weighted by atomic mass is 10.1. The van der Waals surface area contributed by atoms with Crippen molar-refractivity contribution < 1.29 is 4.74 Å². The highest BCUT2D eigenvalue weighted by Crippen LogP contribution is 2.27. The van der Waals surface area contributed by atoms with E-state index < -0.39 is 0 Å². The number of nitrogens with zero attached hydrogens (tertiary/aromatic N) is 5. The third-order valence-corrected chi connectivity index (χ3v) is 5.55. The van der Waals surface area contributed by atoms with Crippen molar-refractivity contribution in [2.24, 2.45) is 7.05 Å². The summed E-state index contributed by atoms with van der Waals surface area (Å²) in [6.45, 7) is 3.14. The van der Waals surface area contributed by atoms with E-state index in [0.29, 0.717) is 23.8 Å². The molecule has 3 N–H and O–H groups in total. The van der Waals surface area contributed by atoms with E-state index >= 15 is 0 Å². The summed E-state index contributed by atoms with van der Waals surface area (Å²) in [5.74, 6) is 1.29. The minimum Gasteiger partial charge on any atom is -0.393 e. The summed E-state index contributed by atoms with van der Waals surface area (Å²) in [6.07, 6.45) is 8.73. The first-order chi connectivity index (χ1) is 16.1. The van der Waals surface area contributed by atoms with Gasteiger partial charge in [0.15, 0.2) is 5.82 Å². The molecule has 2 aromatic heterocycles. The molecule has 0 saturated carbocycles. The number of ether oxygens (including phenoxy) is 1. The number of nitrogens with one attached hydrogen (secondary N) is 3. The summed E-state index contributed by atoms with van der Waals surface area (Å²) >= 11 is 0. The Morgan fingerprint density at radius 2 is 2.09 bits per heavy atom. The largest absolute Gasteiger partial charge is 0.393 e. The van der Waals surface area contributed by atoms with Crippen LogP contribution in [-0.4, -0.2) is 77.3 Å². The average Bonchev–Trinajstić information content (AvgIpc) is 3.28. The van der Waals surface area contributed by atoms with Gasteiger partial charge in [-0.05, 0) is 18.7 Å². The first kappa shape index (κ1) is 22.6. The van der Waals surface area contributed by atoms with Gasteiger partial charge in [-0.15, -0.1) is 0 Å². The molecule has 1 unspecified atom stereocenters. The summed E-state index contributed by atoms with van der Waals surface area (Å²) in [5.41, 5.74) is 4.45. The molecule has 1 aliphatic rings. The van der Waals surface area contributed by atoms with Crippen LogP contribution in [0.15, 0.2) is 49.1 Å². The van der Waals surface area contributed by atoms with E-state index in [9.17, 15) is 0 Å². The Morgan fingerprint density at radius 1 is 1.24 bits per heavy atom. The molecule has 33 heavy (non-hydrogen) atoms. The Labute approximate surface area is 194 Å². The fourth-order valence-corrected chi connectivity index (χ4v) is 3.83. The van der Waals surface area contributed by atoms with Crippen molar-refractivity contribution in [3.05, 3.63) is 54.6 Å². The van der Waals surface area contributed by atoms with Gasteiger partial charge in [0.2, 0.25) is 0 Å². The molecule has 0 amide bonds. The van der Waals surface area contributed by atoms with Gasteiger partial charge in [0.25, 0.3) is 0 Å². The molecule has 1 aliphatic heterocycles. The van der Waals surface area contributed by atoms with Gasteiger partial charge in [0.05, 0.1) is 18.9 Å². The van der Waals surface area contributed by atoms with Gasteiger partial charge in [-0.25, -0.2) is 9.97 Å². The number of allylic oxidation sites excluding steroid dienone is 1. The van der Waals surface area contributed by atoms with Crippen LogP contribution in [-0.2, 0) is 11.8 Å². The van der Waals surface area contributed by atoms with E-state index in [2.05, 4.69) is 38.7 Å². The summed E-state index contributed by atoms with van der Waals surface area (Å²) in [4.78, 5) is 11.7. The van der Waals surface area contributed by atoms with E-state index in [-0.39, 0.29) is 6.10 Å². The quantitative estimate of drug-likeness (QED) is 0.457. The molecule has 3 heterocycles. The zero-order chi connectivity index (χ0) is 23.2. The lowest BCUT2D eigenvalue weighted by Gasteiger charge is -2.30. The molecule has 1 aromatic carbocycles. The maximum Gasteiger partial charge on any atom is 0.161 e. The number of anilines is 1. The minimum absolute atomic E-state index is 0.0700. The van der Waals surface area contributed by atoms with Crippen LogP contribution in [0.25, 0.3) is 28.1 Å². The highest BCUT2D eigenvalue weighted by molar-refractivity contribution is 6.10. The maximum absolute atomic E-state index is 7.84. The van der Waals surface area contributed by atoms with E-state index in [4.69, 9.17) is 15.1 Å². The zero-order valence-electron chi connectivity index (χ0n) is 19.2. The van der Waals surface area contributed by atoms with Crippen molar-refractivity contribution in [2.45, 2.75) is 6.10 Å². The van der Waals surface area contributed by atoms with Gasteiger partial charge in [-0.3, -0.25) is 4.68 Å². The third-order valence-electron chi connectivity index (χ3n) is 5.55. The molecule has 0 spiro atoms. The molecule has 0 aliphatic carbocycles. The number of rotatable bonds is 8. The van der Waals surface area contributed by atoms with Crippen LogP contribution in [0, 0.1) is 5.41 Å². The highest BCUT2D eigenvalue weighted by atomic mass is 16.5. The number of morpholine rings is 1. The summed E-state index contributed by atoms with van der Waals surface area (Å²) in [7, 11) is 5.81. The predicted molar refractivity (Wildman–Crippen MR) is 131 cm³/mol. The number of hydrogen-bond donors (Lipinski definition) is 3. The molecular weight excluding hydrogens is 416 g/mol. The molecule has 172 valence electrons. The number of benzene rings is 1. The second-order valence-corrected chi connectivity index (χ2v) is 8.11. The van der Waals surface area contributed by atoms with E-state index in [1.165, 1.54) is 6.21 Å². The van der Waals surface area contributed by atoms with E-state index in [1.807, 2.05) is 44.7 Å². The van der Waals surface area contributed by atoms with Crippen LogP contribution in [0.5, 0.6) is 0 Å². The van der Waals surface area contributed by atoms with Crippen molar-refractivity contribution in [2.75, 3.05) is 45.7 Å². The molecule has 0 bridgehead atoms. The lowest BCUT2D eigenvalue weighted by Crippen LogP contribution is -2.43. The average molecular weight is 447 g/mol. The first-order valence-corrected chi connectivity index (χ1v) is 11.0. The first-order valence-electron chi connectivity index (χ1n) is 11.0. The fraction of sp³-hybridized carbons (Fsp3) is 0.333. The topological polar surface area (TPSA) is 104 Å². The van der Waals surface area contributed by atoms with Gasteiger partial charge in [0.1, 0.15) is 5.82 Å². The minimum atomic E-state index is 0.0700. The number of aryl methyl sites for hydroxylation is 1. The number of hydrogen-bond acceptors (Lipinski definition) is 8. The zero-order valence-corrected chi connectivity index (χ0v) is 19.2. The SMILES string of the molecule is CN/C=C(\C=N)c1cnc(-c2cccc(-c3cnn(C)c3)c2)nc1NCC1CN(C)CCO1. The predicted octanol–water partition coefficient (Wildman–Crippen LogP) is 2.50. The number of aromatic nitrogens is 4.